The van der Waals surface area contributed by atoms with Gasteiger partial charge in [0.1, 0.15) is 0 Å². The molecule has 0 saturated carbocycles. The molecule has 1 saturated heterocycles. The van der Waals surface area contributed by atoms with Gasteiger partial charge in [-0.2, -0.15) is 18.3 Å². The van der Waals surface area contributed by atoms with E-state index in [9.17, 15) is 31.1 Å². The fourth-order valence-corrected chi connectivity index (χ4v) is 2.84. The van der Waals surface area contributed by atoms with Crippen molar-refractivity contribution in [3.05, 3.63) is 27.7 Å². The van der Waals surface area contributed by atoms with Crippen LogP contribution in [-0.4, -0.2) is 29.4 Å². The summed E-state index contributed by atoms with van der Waals surface area (Å²) >= 11 is 3.67. The van der Waals surface area contributed by atoms with E-state index in [4.69, 9.17) is 0 Å². The molecule has 0 bridgehead atoms. The Hall–Kier alpha value is -1.76. The number of carbonyl (C=O) groups is 1. The molecule has 13 heteroatoms. The van der Waals surface area contributed by atoms with Gasteiger partial charge in [0.2, 0.25) is 5.91 Å². The number of nitrogens with one attached hydrogen (secondary N) is 1. The van der Waals surface area contributed by atoms with Crippen LogP contribution in [0.2, 0.25) is 0 Å². The van der Waals surface area contributed by atoms with E-state index in [1.807, 2.05) is 0 Å². The molecule has 0 spiro atoms. The van der Waals surface area contributed by atoms with Crippen molar-refractivity contribution in [2.45, 2.75) is 12.5 Å². The van der Waals surface area contributed by atoms with Crippen molar-refractivity contribution in [2.75, 3.05) is 5.75 Å². The molecule has 5 nitrogen and oxygen atoms in total. The van der Waals surface area contributed by atoms with Crippen LogP contribution in [0.4, 0.5) is 26.3 Å². The lowest BCUT2D eigenvalue weighted by atomic mass is 10.1. The molecule has 0 radical (unpaired) electrons. The van der Waals surface area contributed by atoms with Crippen LogP contribution in [0.5, 0.6) is 5.75 Å². The highest BCUT2D eigenvalue weighted by Gasteiger charge is 2.40. The maximum atomic E-state index is 13.0. The molecule has 1 fully saturated rings. The maximum absolute atomic E-state index is 13.0. The maximum Gasteiger partial charge on any atom is 0.573 e. The van der Waals surface area contributed by atoms with E-state index in [1.165, 1.54) is 0 Å². The smallest absolute Gasteiger partial charge is 0.404 e. The second-order valence-corrected chi connectivity index (χ2v) is 6.23. The van der Waals surface area contributed by atoms with Crippen LogP contribution in [0.1, 0.15) is 11.1 Å². The van der Waals surface area contributed by atoms with Gasteiger partial charge in [0.05, 0.1) is 22.0 Å². The van der Waals surface area contributed by atoms with E-state index < -0.39 is 28.3 Å². The highest BCUT2D eigenvalue weighted by atomic mass is 79.9. The van der Waals surface area contributed by atoms with Gasteiger partial charge in [0.15, 0.2) is 10.9 Å². The van der Waals surface area contributed by atoms with Gasteiger partial charge in [-0.1, -0.05) is 11.8 Å². The van der Waals surface area contributed by atoms with Crippen molar-refractivity contribution in [1.29, 1.82) is 0 Å². The number of alkyl halides is 6. The minimum absolute atomic E-state index is 0.140. The highest BCUT2D eigenvalue weighted by molar-refractivity contribution is 9.10. The van der Waals surface area contributed by atoms with Gasteiger partial charge < -0.3 is 10.1 Å². The number of amidine groups is 1. The van der Waals surface area contributed by atoms with Crippen LogP contribution < -0.4 is 10.1 Å². The summed E-state index contributed by atoms with van der Waals surface area (Å²) in [5, 5.41) is 9.59. The number of amides is 1. The monoisotopic (exact) mass is 449 g/mol. The zero-order valence-corrected chi connectivity index (χ0v) is 14.1. The first-order valence-electron chi connectivity index (χ1n) is 6.16. The van der Waals surface area contributed by atoms with Crippen LogP contribution >= 0.6 is 27.7 Å². The van der Waals surface area contributed by atoms with Crippen LogP contribution in [0, 0.1) is 0 Å². The van der Waals surface area contributed by atoms with Crippen LogP contribution in [0.15, 0.2) is 26.8 Å². The zero-order valence-electron chi connectivity index (χ0n) is 11.7. The number of halogens is 7. The summed E-state index contributed by atoms with van der Waals surface area (Å²) in [7, 11) is 0. The molecule has 0 aliphatic carbocycles. The SMILES string of the molecule is O=C1CSC(=NN=Cc2cc(Br)c(OC(F)(F)F)c(C(F)(F)F)c2)N1. The first-order valence-corrected chi connectivity index (χ1v) is 7.94. The molecule has 1 aliphatic heterocycles. The van der Waals surface area contributed by atoms with Gasteiger partial charge in [-0.05, 0) is 33.6 Å². The summed E-state index contributed by atoms with van der Waals surface area (Å²) in [6.07, 6.45) is -9.48. The van der Waals surface area contributed by atoms with Gasteiger partial charge >= 0.3 is 12.5 Å². The van der Waals surface area contributed by atoms with Crippen LogP contribution in [0.3, 0.4) is 0 Å². The highest BCUT2D eigenvalue weighted by Crippen LogP contribution is 2.43. The second kappa shape index (κ2) is 7.23. The molecule has 1 amide bonds. The summed E-state index contributed by atoms with van der Waals surface area (Å²) in [6.45, 7) is 0. The van der Waals surface area contributed by atoms with Gasteiger partial charge in [-0.15, -0.1) is 18.3 Å². The van der Waals surface area contributed by atoms with Crippen molar-refractivity contribution in [3.8, 4) is 5.75 Å². The lowest BCUT2D eigenvalue weighted by Gasteiger charge is -2.17. The Kier molecular flexibility index (Phi) is 5.66. The third kappa shape index (κ3) is 5.63. The first-order chi connectivity index (χ1) is 11.5. The summed E-state index contributed by atoms with van der Waals surface area (Å²) in [4.78, 5) is 10.9. The Balaban J connectivity index is 2.34. The van der Waals surface area contributed by atoms with Crippen molar-refractivity contribution in [2.24, 2.45) is 10.2 Å². The van der Waals surface area contributed by atoms with E-state index in [1.54, 1.807) is 0 Å². The van der Waals surface area contributed by atoms with Crippen molar-refractivity contribution < 1.29 is 35.9 Å². The van der Waals surface area contributed by atoms with Gasteiger partial charge in [-0.25, -0.2) is 0 Å². The zero-order chi connectivity index (χ0) is 18.8. The molecule has 0 atom stereocenters. The largest absolute Gasteiger partial charge is 0.573 e. The number of benzene rings is 1. The topological polar surface area (TPSA) is 63.0 Å². The summed E-state index contributed by atoms with van der Waals surface area (Å²) in [6, 6.07) is 1.40. The minimum Gasteiger partial charge on any atom is -0.404 e. The Labute approximate surface area is 148 Å². The molecular formula is C12H6BrF6N3O2S. The Bertz CT molecular complexity index is 748. The summed E-state index contributed by atoms with van der Waals surface area (Å²) in [5.41, 5.74) is -1.80. The molecule has 1 aliphatic rings. The third-order valence-electron chi connectivity index (χ3n) is 2.53. The number of carbonyl (C=O) groups excluding carboxylic acids is 1. The first kappa shape index (κ1) is 19.6. The Morgan fingerprint density at radius 3 is 2.44 bits per heavy atom. The standard InChI is InChI=1S/C12H6BrF6N3O2S/c13-7-2-5(3-20-22-10-21-8(23)4-25-10)1-6(11(14,15)16)9(7)24-12(17,18)19/h1-3H,4H2,(H,21,22,23). The number of hydrogen-bond acceptors (Lipinski definition) is 5. The lowest BCUT2D eigenvalue weighted by molar-refractivity contribution is -0.276. The minimum atomic E-state index is -5.29. The van der Waals surface area contributed by atoms with E-state index >= 15 is 0 Å². The number of ether oxygens (including phenoxy) is 1. The van der Waals surface area contributed by atoms with Crippen LogP contribution in [0.25, 0.3) is 0 Å². The molecule has 0 aromatic heterocycles. The molecule has 1 heterocycles. The molecule has 1 N–H and O–H groups in total. The van der Waals surface area contributed by atoms with Gasteiger partial charge in [0.25, 0.3) is 0 Å². The summed E-state index contributed by atoms with van der Waals surface area (Å²) in [5.74, 6) is -1.56. The molecule has 1 aromatic rings. The Morgan fingerprint density at radius 2 is 1.92 bits per heavy atom. The molecule has 2 rings (SSSR count). The van der Waals surface area contributed by atoms with Crippen molar-refractivity contribution in [1.82, 2.24) is 5.32 Å². The quantitative estimate of drug-likeness (QED) is 0.432. The number of rotatable bonds is 3. The summed E-state index contributed by atoms with van der Waals surface area (Å²) < 4.78 is 78.8. The lowest BCUT2D eigenvalue weighted by Crippen LogP contribution is -2.20. The normalized spacial score (nSPS) is 17.4. The Morgan fingerprint density at radius 1 is 1.24 bits per heavy atom. The van der Waals surface area contributed by atoms with Crippen molar-refractivity contribution >= 4 is 45.0 Å². The molecule has 0 unspecified atom stereocenters. The van der Waals surface area contributed by atoms with Gasteiger partial charge in [-0.3, -0.25) is 4.79 Å². The van der Waals surface area contributed by atoms with E-state index in [-0.39, 0.29) is 22.4 Å². The average Bonchev–Trinajstić information content (AvgIpc) is 2.84. The molecule has 136 valence electrons. The van der Waals surface area contributed by atoms with Gasteiger partial charge in [0, 0.05) is 0 Å². The van der Waals surface area contributed by atoms with Crippen LogP contribution in [-0.2, 0) is 11.0 Å². The van der Waals surface area contributed by atoms with E-state index in [2.05, 4.69) is 36.2 Å². The molecular weight excluding hydrogens is 444 g/mol. The molecule has 25 heavy (non-hydrogen) atoms. The third-order valence-corrected chi connectivity index (χ3v) is 3.98. The number of hydrogen-bond donors (Lipinski definition) is 1. The predicted octanol–water partition coefficient (Wildman–Crippen LogP) is 3.92. The molecule has 1 aromatic carbocycles. The number of nitrogens with zero attached hydrogens (tertiary/aromatic N) is 2. The second-order valence-electron chi connectivity index (χ2n) is 4.41. The fraction of sp³-hybridized carbons (Fsp3) is 0.250. The average molecular weight is 450 g/mol. The predicted molar refractivity (Wildman–Crippen MR) is 81.5 cm³/mol. The number of thioether (sulfide) groups is 1. The fourth-order valence-electron chi connectivity index (χ4n) is 1.65. The van der Waals surface area contributed by atoms with E-state index in [0.717, 1.165) is 24.0 Å². The van der Waals surface area contributed by atoms with E-state index in [0.29, 0.717) is 6.07 Å². The van der Waals surface area contributed by atoms with Crippen molar-refractivity contribution in [3.63, 3.8) is 0 Å².